The van der Waals surface area contributed by atoms with E-state index < -0.39 is 10.0 Å². The highest BCUT2D eigenvalue weighted by atomic mass is 79.9. The molecule has 0 bridgehead atoms. The van der Waals surface area contributed by atoms with Gasteiger partial charge in [-0.2, -0.15) is 0 Å². The van der Waals surface area contributed by atoms with Crippen molar-refractivity contribution in [1.82, 2.24) is 10.2 Å². The third kappa shape index (κ3) is 3.08. The molecule has 96 valence electrons. The van der Waals surface area contributed by atoms with Crippen molar-refractivity contribution in [2.75, 3.05) is 4.72 Å². The van der Waals surface area contributed by atoms with Gasteiger partial charge in [0.05, 0.1) is 0 Å². The number of aryl methyl sites for hydroxylation is 1. The van der Waals surface area contributed by atoms with E-state index in [1.165, 1.54) is 17.4 Å². The van der Waals surface area contributed by atoms with Crippen LogP contribution in [0.1, 0.15) is 5.01 Å². The third-order valence-corrected chi connectivity index (χ3v) is 5.62. The van der Waals surface area contributed by atoms with Crippen molar-refractivity contribution in [3.05, 3.63) is 32.2 Å². The molecule has 5 nitrogen and oxygen atoms in total. The Morgan fingerprint density at radius 2 is 2.00 bits per heavy atom. The van der Waals surface area contributed by atoms with Crippen LogP contribution in [0.2, 0.25) is 0 Å². The Hall–Kier alpha value is -0.510. The lowest BCUT2D eigenvalue weighted by molar-refractivity contribution is 0.600. The monoisotopic (exact) mass is 411 g/mol. The van der Waals surface area contributed by atoms with E-state index in [1.807, 2.05) is 0 Å². The molecule has 0 saturated carbocycles. The molecule has 2 aromatic rings. The summed E-state index contributed by atoms with van der Waals surface area (Å²) >= 11 is 7.67. The summed E-state index contributed by atoms with van der Waals surface area (Å²) in [6, 6.07) is 4.83. The van der Waals surface area contributed by atoms with Gasteiger partial charge in [0, 0.05) is 8.95 Å². The Balaban J connectivity index is 2.36. The fourth-order valence-corrected chi connectivity index (χ4v) is 4.77. The van der Waals surface area contributed by atoms with Gasteiger partial charge in [-0.1, -0.05) is 27.3 Å². The predicted molar refractivity (Wildman–Crippen MR) is 77.3 cm³/mol. The molecule has 0 radical (unpaired) electrons. The van der Waals surface area contributed by atoms with Crippen molar-refractivity contribution in [3.63, 3.8) is 0 Å². The third-order valence-electron chi connectivity index (χ3n) is 1.93. The molecule has 0 fully saturated rings. The second-order valence-electron chi connectivity index (χ2n) is 3.31. The summed E-state index contributed by atoms with van der Waals surface area (Å²) in [5.74, 6) is 0. The average molecular weight is 413 g/mol. The summed E-state index contributed by atoms with van der Waals surface area (Å²) in [7, 11) is -3.66. The SMILES string of the molecule is Cc1nnc(NS(=O)(=O)c2ccc(Br)cc2Br)s1. The molecule has 2 rings (SSSR count). The van der Waals surface area contributed by atoms with E-state index >= 15 is 0 Å². The molecule has 1 aromatic carbocycles. The zero-order valence-corrected chi connectivity index (χ0v) is 13.8. The Bertz CT molecular complexity index is 685. The number of sulfonamides is 1. The summed E-state index contributed by atoms with van der Waals surface area (Å²) in [4.78, 5) is 0.151. The fourth-order valence-electron chi connectivity index (χ4n) is 1.20. The van der Waals surface area contributed by atoms with Crippen LogP contribution in [0, 0.1) is 6.92 Å². The number of benzene rings is 1. The first-order valence-corrected chi connectivity index (χ1v) is 8.55. The number of rotatable bonds is 3. The number of halogens is 2. The van der Waals surface area contributed by atoms with E-state index in [2.05, 4.69) is 46.8 Å². The number of nitrogens with one attached hydrogen (secondary N) is 1. The summed E-state index contributed by atoms with van der Waals surface area (Å²) in [5, 5.41) is 8.43. The molecule has 18 heavy (non-hydrogen) atoms. The van der Waals surface area contributed by atoms with Crippen LogP contribution in [0.15, 0.2) is 32.0 Å². The lowest BCUT2D eigenvalue weighted by Gasteiger charge is -2.06. The molecule has 0 aliphatic carbocycles. The maximum atomic E-state index is 12.1. The van der Waals surface area contributed by atoms with Crippen LogP contribution in [-0.2, 0) is 10.0 Å². The van der Waals surface area contributed by atoms with Crippen LogP contribution >= 0.6 is 43.2 Å². The Kier molecular flexibility index (Phi) is 4.05. The van der Waals surface area contributed by atoms with Gasteiger partial charge in [0.1, 0.15) is 9.90 Å². The standard InChI is InChI=1S/C9H7Br2N3O2S2/c1-5-12-13-9(17-5)14-18(15,16)8-3-2-6(10)4-7(8)11/h2-4H,1H3,(H,13,14). The largest absolute Gasteiger partial charge is 0.264 e. The zero-order valence-electron chi connectivity index (χ0n) is 9.02. The fraction of sp³-hybridized carbons (Fsp3) is 0.111. The minimum absolute atomic E-state index is 0.151. The van der Waals surface area contributed by atoms with Crippen LogP contribution in [-0.4, -0.2) is 18.6 Å². The summed E-state index contributed by atoms with van der Waals surface area (Å²) in [5.41, 5.74) is 0. The second kappa shape index (κ2) is 5.24. The van der Waals surface area contributed by atoms with Crippen molar-refractivity contribution >= 4 is 58.4 Å². The molecule has 0 aliphatic rings. The van der Waals surface area contributed by atoms with E-state index in [4.69, 9.17) is 0 Å². The van der Waals surface area contributed by atoms with Crippen LogP contribution in [0.3, 0.4) is 0 Å². The first kappa shape index (κ1) is 13.9. The summed E-state index contributed by atoms with van der Waals surface area (Å²) < 4.78 is 27.9. The minimum Gasteiger partial charge on any atom is -0.253 e. The Morgan fingerprint density at radius 1 is 1.28 bits per heavy atom. The highest BCUT2D eigenvalue weighted by Crippen LogP contribution is 2.27. The second-order valence-corrected chi connectivity index (χ2v) is 7.91. The first-order chi connectivity index (χ1) is 8.38. The van der Waals surface area contributed by atoms with Gasteiger partial charge in [0.15, 0.2) is 0 Å². The van der Waals surface area contributed by atoms with Crippen LogP contribution in [0.4, 0.5) is 5.13 Å². The van der Waals surface area contributed by atoms with Crippen LogP contribution in [0.25, 0.3) is 0 Å². The lowest BCUT2D eigenvalue weighted by atomic mass is 10.4. The summed E-state index contributed by atoms with van der Waals surface area (Å²) in [6.45, 7) is 1.75. The predicted octanol–water partition coefficient (Wildman–Crippen LogP) is 3.17. The maximum absolute atomic E-state index is 12.1. The first-order valence-electron chi connectivity index (χ1n) is 4.66. The van der Waals surface area contributed by atoms with Gasteiger partial charge < -0.3 is 0 Å². The molecule has 9 heteroatoms. The molecule has 0 aliphatic heterocycles. The molecule has 1 aromatic heterocycles. The van der Waals surface area contributed by atoms with E-state index in [0.29, 0.717) is 9.48 Å². The molecule has 0 amide bonds. The quantitative estimate of drug-likeness (QED) is 0.840. The summed E-state index contributed by atoms with van der Waals surface area (Å²) in [6.07, 6.45) is 0. The van der Waals surface area contributed by atoms with Crippen LogP contribution in [0.5, 0.6) is 0 Å². The van der Waals surface area contributed by atoms with E-state index in [9.17, 15) is 8.42 Å². The van der Waals surface area contributed by atoms with Crippen molar-refractivity contribution in [3.8, 4) is 0 Å². The molecule has 1 heterocycles. The maximum Gasteiger partial charge on any atom is 0.264 e. The highest BCUT2D eigenvalue weighted by Gasteiger charge is 2.19. The molecule has 1 N–H and O–H groups in total. The van der Waals surface area contributed by atoms with Gasteiger partial charge in [0.25, 0.3) is 10.0 Å². The van der Waals surface area contributed by atoms with Gasteiger partial charge in [-0.05, 0) is 41.1 Å². The van der Waals surface area contributed by atoms with Gasteiger partial charge in [-0.15, -0.1) is 10.2 Å². The average Bonchev–Trinajstić information content (AvgIpc) is 2.62. The van der Waals surface area contributed by atoms with Crippen molar-refractivity contribution in [2.24, 2.45) is 0 Å². The molecule has 0 atom stereocenters. The topological polar surface area (TPSA) is 72.0 Å². The van der Waals surface area contributed by atoms with Gasteiger partial charge in [0.2, 0.25) is 5.13 Å². The number of aromatic nitrogens is 2. The van der Waals surface area contributed by atoms with Crippen molar-refractivity contribution < 1.29 is 8.42 Å². The number of anilines is 1. The van der Waals surface area contributed by atoms with Gasteiger partial charge >= 0.3 is 0 Å². The van der Waals surface area contributed by atoms with E-state index in [0.717, 1.165) is 4.47 Å². The number of nitrogens with zero attached hydrogens (tertiary/aromatic N) is 2. The van der Waals surface area contributed by atoms with Gasteiger partial charge in [-0.3, -0.25) is 4.72 Å². The highest BCUT2D eigenvalue weighted by molar-refractivity contribution is 9.11. The minimum atomic E-state index is -3.66. The van der Waals surface area contributed by atoms with E-state index in [-0.39, 0.29) is 10.0 Å². The smallest absolute Gasteiger partial charge is 0.253 e. The molecular formula is C9H7Br2N3O2S2. The Morgan fingerprint density at radius 3 is 2.56 bits per heavy atom. The normalized spacial score (nSPS) is 11.5. The van der Waals surface area contributed by atoms with Crippen LogP contribution < -0.4 is 4.72 Å². The van der Waals surface area contributed by atoms with Gasteiger partial charge in [-0.25, -0.2) is 8.42 Å². The van der Waals surface area contributed by atoms with Crippen molar-refractivity contribution in [2.45, 2.75) is 11.8 Å². The Labute approximate surface area is 125 Å². The lowest BCUT2D eigenvalue weighted by Crippen LogP contribution is -2.13. The molecule has 0 spiro atoms. The number of hydrogen-bond donors (Lipinski definition) is 1. The zero-order chi connectivity index (χ0) is 13.3. The molecular weight excluding hydrogens is 406 g/mol. The van der Waals surface area contributed by atoms with Crippen molar-refractivity contribution in [1.29, 1.82) is 0 Å². The number of hydrogen-bond acceptors (Lipinski definition) is 5. The molecule has 0 unspecified atom stereocenters. The molecule has 0 saturated heterocycles. The van der Waals surface area contributed by atoms with E-state index in [1.54, 1.807) is 19.1 Å².